The van der Waals surface area contributed by atoms with E-state index in [1.807, 2.05) is 19.1 Å². The number of ether oxygens (including phenoxy) is 2. The van der Waals surface area contributed by atoms with Crippen molar-refractivity contribution in [1.82, 2.24) is 10.6 Å². The predicted octanol–water partition coefficient (Wildman–Crippen LogP) is 4.20. The third kappa shape index (κ3) is 6.27. The smallest absolute Gasteiger partial charge is 0.263 e. The number of carbonyl (C=O) groups is 2. The minimum atomic E-state index is -0.573. The third-order valence-electron chi connectivity index (χ3n) is 6.21. The molecule has 0 bridgehead atoms. The summed E-state index contributed by atoms with van der Waals surface area (Å²) in [5.74, 6) is 1.01. The highest BCUT2D eigenvalue weighted by Gasteiger charge is 2.32. The second-order valence-electron chi connectivity index (χ2n) is 8.62. The number of nitrogens with one attached hydrogen (secondary N) is 2. The molecule has 1 saturated carbocycles. The van der Waals surface area contributed by atoms with Crippen LogP contribution in [0.2, 0.25) is 10.0 Å². The van der Waals surface area contributed by atoms with Crippen molar-refractivity contribution in [2.24, 2.45) is 0 Å². The topological polar surface area (TPSA) is 79.9 Å². The van der Waals surface area contributed by atoms with E-state index in [1.165, 1.54) is 0 Å². The van der Waals surface area contributed by atoms with Crippen LogP contribution in [0.25, 0.3) is 0 Å². The zero-order valence-corrected chi connectivity index (χ0v) is 20.6. The molecule has 2 amide bonds. The number of carbonyl (C=O) groups excluding carboxylic acids is 2. The molecule has 0 radical (unpaired) electrons. The van der Waals surface area contributed by atoms with Crippen molar-refractivity contribution in [2.75, 3.05) is 24.6 Å². The molecule has 182 valence electrons. The predicted molar refractivity (Wildman–Crippen MR) is 133 cm³/mol. The Morgan fingerprint density at radius 3 is 2.32 bits per heavy atom. The normalized spacial score (nSPS) is 21.7. The van der Waals surface area contributed by atoms with Gasteiger partial charge in [-0.25, -0.2) is 0 Å². The number of nitrogens with zero attached hydrogens (tertiary/aromatic N) is 1. The number of halogens is 2. The molecule has 34 heavy (non-hydrogen) atoms. The van der Waals surface area contributed by atoms with E-state index < -0.39 is 6.10 Å². The van der Waals surface area contributed by atoms with Crippen LogP contribution in [-0.4, -0.2) is 49.7 Å². The molecule has 2 aliphatic rings. The average Bonchev–Trinajstić information content (AvgIpc) is 2.84. The molecule has 0 saturated heterocycles. The lowest BCUT2D eigenvalue weighted by Gasteiger charge is -2.36. The van der Waals surface area contributed by atoms with Gasteiger partial charge in [0.05, 0.1) is 12.2 Å². The summed E-state index contributed by atoms with van der Waals surface area (Å²) < 4.78 is 11.5. The van der Waals surface area contributed by atoms with E-state index in [-0.39, 0.29) is 30.5 Å². The van der Waals surface area contributed by atoms with Gasteiger partial charge in [-0.05, 0) is 75.1 Å². The lowest BCUT2D eigenvalue weighted by Crippen LogP contribution is -2.52. The van der Waals surface area contributed by atoms with E-state index in [0.29, 0.717) is 28.1 Å². The SMILES string of the molecule is CCN1C[C@H](C(=O)NC2CCC(NC(=O)COc3ccc(Cl)cc3)CC2)Oc2ccc(Cl)cc21. The van der Waals surface area contributed by atoms with Crippen molar-refractivity contribution in [3.63, 3.8) is 0 Å². The molecule has 0 spiro atoms. The van der Waals surface area contributed by atoms with Gasteiger partial charge in [-0.15, -0.1) is 0 Å². The molecule has 0 unspecified atom stereocenters. The van der Waals surface area contributed by atoms with E-state index >= 15 is 0 Å². The number of likely N-dealkylation sites (N-methyl/N-ethyl adjacent to an activating group) is 1. The van der Waals surface area contributed by atoms with Gasteiger partial charge < -0.3 is 25.0 Å². The van der Waals surface area contributed by atoms with Gasteiger partial charge in [0.1, 0.15) is 11.5 Å². The Balaban J connectivity index is 1.21. The first kappa shape index (κ1) is 24.5. The van der Waals surface area contributed by atoms with Crippen molar-refractivity contribution in [2.45, 2.75) is 50.8 Å². The Bertz CT molecular complexity index is 1010. The van der Waals surface area contributed by atoms with Gasteiger partial charge >= 0.3 is 0 Å². The standard InChI is InChI=1S/C25H29Cl2N3O4/c1-2-30-14-23(34-22-12-5-17(27)13-21(22)30)25(32)29-19-8-6-18(7-9-19)28-24(31)15-33-20-10-3-16(26)4-11-20/h3-5,10-13,18-19,23H,2,6-9,14-15H2,1H3,(H,28,31)(H,29,32)/t18?,19?,23-/m1/s1. The number of benzene rings is 2. The van der Waals surface area contributed by atoms with E-state index in [9.17, 15) is 9.59 Å². The van der Waals surface area contributed by atoms with Gasteiger partial charge in [-0.1, -0.05) is 23.2 Å². The molecule has 9 heteroatoms. The molecule has 2 aromatic carbocycles. The Morgan fingerprint density at radius 2 is 1.65 bits per heavy atom. The highest BCUT2D eigenvalue weighted by atomic mass is 35.5. The van der Waals surface area contributed by atoms with E-state index in [4.69, 9.17) is 32.7 Å². The number of hydrogen-bond donors (Lipinski definition) is 2. The van der Waals surface area contributed by atoms with Crippen LogP contribution in [0, 0.1) is 0 Å². The molecule has 1 heterocycles. The molecule has 1 atom stereocenters. The van der Waals surface area contributed by atoms with Crippen LogP contribution in [0.3, 0.4) is 0 Å². The van der Waals surface area contributed by atoms with Crippen molar-refractivity contribution in [3.05, 3.63) is 52.5 Å². The zero-order valence-electron chi connectivity index (χ0n) is 19.1. The van der Waals surface area contributed by atoms with Crippen molar-refractivity contribution >= 4 is 40.7 Å². The Morgan fingerprint density at radius 1 is 1.00 bits per heavy atom. The van der Waals surface area contributed by atoms with Gasteiger partial charge in [0.2, 0.25) is 0 Å². The third-order valence-corrected chi connectivity index (χ3v) is 6.70. The summed E-state index contributed by atoms with van der Waals surface area (Å²) in [6.07, 6.45) is 2.61. The molecular formula is C25H29Cl2N3O4. The second-order valence-corrected chi connectivity index (χ2v) is 9.50. The highest BCUT2D eigenvalue weighted by molar-refractivity contribution is 6.31. The minimum Gasteiger partial charge on any atom is -0.484 e. The van der Waals surface area contributed by atoms with Gasteiger partial charge in [-0.3, -0.25) is 9.59 Å². The van der Waals surface area contributed by atoms with Crippen LogP contribution >= 0.6 is 23.2 Å². The van der Waals surface area contributed by atoms with Crippen molar-refractivity contribution in [3.8, 4) is 11.5 Å². The van der Waals surface area contributed by atoms with Crippen LogP contribution in [0.1, 0.15) is 32.6 Å². The quantitative estimate of drug-likeness (QED) is 0.589. The number of fused-ring (bicyclic) bond motifs is 1. The average molecular weight is 506 g/mol. The van der Waals surface area contributed by atoms with Crippen LogP contribution in [0.4, 0.5) is 5.69 Å². The van der Waals surface area contributed by atoms with Gasteiger partial charge in [0.25, 0.3) is 11.8 Å². The summed E-state index contributed by atoms with van der Waals surface area (Å²) in [6.45, 7) is 3.24. The molecule has 2 N–H and O–H groups in total. The fourth-order valence-electron chi connectivity index (χ4n) is 4.39. The van der Waals surface area contributed by atoms with Crippen molar-refractivity contribution < 1.29 is 19.1 Å². The number of hydrogen-bond acceptors (Lipinski definition) is 5. The Hall–Kier alpha value is -2.64. The zero-order chi connectivity index (χ0) is 24.1. The lowest BCUT2D eigenvalue weighted by atomic mass is 9.91. The number of anilines is 1. The lowest BCUT2D eigenvalue weighted by molar-refractivity contribution is -0.129. The summed E-state index contributed by atoms with van der Waals surface area (Å²) in [6, 6.07) is 12.5. The van der Waals surface area contributed by atoms with E-state index in [1.54, 1.807) is 30.3 Å². The minimum absolute atomic E-state index is 0.0437. The molecule has 0 aromatic heterocycles. The number of amides is 2. The molecule has 4 rings (SSSR count). The first-order valence-corrected chi connectivity index (χ1v) is 12.4. The number of rotatable bonds is 7. The molecule has 1 fully saturated rings. The first-order chi connectivity index (χ1) is 16.4. The molecule has 1 aliphatic heterocycles. The van der Waals surface area contributed by atoms with Crippen LogP contribution in [0.15, 0.2) is 42.5 Å². The Labute approximate surface area is 209 Å². The maximum atomic E-state index is 12.9. The fraction of sp³-hybridized carbons (Fsp3) is 0.440. The maximum Gasteiger partial charge on any atom is 0.263 e. The van der Waals surface area contributed by atoms with E-state index in [2.05, 4.69) is 15.5 Å². The van der Waals surface area contributed by atoms with Crippen LogP contribution in [-0.2, 0) is 9.59 Å². The Kier molecular flexibility index (Phi) is 8.06. The van der Waals surface area contributed by atoms with E-state index in [0.717, 1.165) is 37.9 Å². The summed E-state index contributed by atoms with van der Waals surface area (Å²) in [5.41, 5.74) is 0.912. The summed E-state index contributed by atoms with van der Waals surface area (Å²) in [5, 5.41) is 7.42. The first-order valence-electron chi connectivity index (χ1n) is 11.6. The van der Waals surface area contributed by atoms with Gasteiger partial charge in [0.15, 0.2) is 12.7 Å². The highest BCUT2D eigenvalue weighted by Crippen LogP contribution is 2.35. The molecule has 2 aromatic rings. The second kappa shape index (κ2) is 11.2. The maximum absolute atomic E-state index is 12.9. The summed E-state index contributed by atoms with van der Waals surface area (Å²) in [4.78, 5) is 27.3. The monoisotopic (exact) mass is 505 g/mol. The van der Waals surface area contributed by atoms with Crippen LogP contribution in [0.5, 0.6) is 11.5 Å². The molecule has 7 nitrogen and oxygen atoms in total. The fourth-order valence-corrected chi connectivity index (χ4v) is 4.68. The van der Waals surface area contributed by atoms with Gasteiger partial charge in [0, 0.05) is 28.7 Å². The van der Waals surface area contributed by atoms with Crippen molar-refractivity contribution in [1.29, 1.82) is 0 Å². The van der Waals surface area contributed by atoms with Gasteiger partial charge in [-0.2, -0.15) is 0 Å². The molecular weight excluding hydrogens is 477 g/mol. The summed E-state index contributed by atoms with van der Waals surface area (Å²) >= 11 is 12.0. The summed E-state index contributed by atoms with van der Waals surface area (Å²) in [7, 11) is 0. The largest absolute Gasteiger partial charge is 0.484 e. The molecule has 1 aliphatic carbocycles. The van der Waals surface area contributed by atoms with Crippen LogP contribution < -0.4 is 25.0 Å².